The molecule has 0 saturated carbocycles. The third kappa shape index (κ3) is 4.18. The van der Waals surface area contributed by atoms with Crippen molar-refractivity contribution < 1.29 is 9.53 Å². The maximum atomic E-state index is 11.7. The second-order valence-corrected chi connectivity index (χ2v) is 4.44. The fourth-order valence-electron chi connectivity index (χ4n) is 1.93. The van der Waals surface area contributed by atoms with Crippen LogP contribution >= 0.6 is 0 Å². The van der Waals surface area contributed by atoms with Crippen molar-refractivity contribution in [3.8, 4) is 0 Å². The van der Waals surface area contributed by atoms with Gasteiger partial charge in [0.1, 0.15) is 0 Å². The minimum absolute atomic E-state index is 0.0554. The molecule has 4 nitrogen and oxygen atoms in total. The van der Waals surface area contributed by atoms with Gasteiger partial charge in [-0.05, 0) is 26.3 Å². The van der Waals surface area contributed by atoms with E-state index in [1.54, 1.807) is 7.11 Å². The van der Waals surface area contributed by atoms with E-state index < -0.39 is 0 Å². The molecule has 15 heavy (non-hydrogen) atoms. The number of rotatable bonds is 4. The minimum Gasteiger partial charge on any atom is -0.384 e. The Bertz CT molecular complexity index is 209. The molecule has 1 heterocycles. The molecule has 1 aliphatic heterocycles. The summed E-state index contributed by atoms with van der Waals surface area (Å²) in [6.45, 7) is 5.53. The summed E-state index contributed by atoms with van der Waals surface area (Å²) in [5.74, 6) is 0.0520. The molecule has 0 radical (unpaired) electrons. The topological polar surface area (TPSA) is 50.4 Å². The van der Waals surface area contributed by atoms with Crippen LogP contribution in [0.2, 0.25) is 0 Å². The van der Waals surface area contributed by atoms with Gasteiger partial charge in [-0.2, -0.15) is 0 Å². The summed E-state index contributed by atoms with van der Waals surface area (Å²) in [6, 6.07) is 0.829. The van der Waals surface area contributed by atoms with Crippen molar-refractivity contribution in [1.82, 2.24) is 10.6 Å². The van der Waals surface area contributed by atoms with Crippen LogP contribution < -0.4 is 10.6 Å². The van der Waals surface area contributed by atoms with Crippen LogP contribution in [0.15, 0.2) is 0 Å². The van der Waals surface area contributed by atoms with Gasteiger partial charge in [-0.25, -0.2) is 0 Å². The van der Waals surface area contributed by atoms with E-state index in [-0.39, 0.29) is 11.8 Å². The summed E-state index contributed by atoms with van der Waals surface area (Å²) in [4.78, 5) is 11.7. The first-order valence-electron chi connectivity index (χ1n) is 5.66. The largest absolute Gasteiger partial charge is 0.384 e. The molecule has 0 aromatic heterocycles. The quantitative estimate of drug-likeness (QED) is 0.717. The van der Waals surface area contributed by atoms with Crippen molar-refractivity contribution in [2.45, 2.75) is 38.8 Å². The molecule has 0 bridgehead atoms. The molecule has 0 aliphatic carbocycles. The zero-order valence-corrected chi connectivity index (χ0v) is 9.88. The van der Waals surface area contributed by atoms with Gasteiger partial charge in [-0.1, -0.05) is 6.92 Å². The normalized spacial score (nSPS) is 28.5. The second-order valence-electron chi connectivity index (χ2n) is 4.44. The lowest BCUT2D eigenvalue weighted by Crippen LogP contribution is -2.48. The zero-order valence-electron chi connectivity index (χ0n) is 9.88. The number of nitrogens with one attached hydrogen (secondary N) is 2. The number of hydrogen-bond donors (Lipinski definition) is 2. The molecule has 2 N–H and O–H groups in total. The summed E-state index contributed by atoms with van der Waals surface area (Å²) in [6.07, 6.45) is 2.04. The third-order valence-corrected chi connectivity index (χ3v) is 2.83. The fourth-order valence-corrected chi connectivity index (χ4v) is 1.93. The Labute approximate surface area is 91.8 Å². The maximum Gasteiger partial charge on any atom is 0.225 e. The SMILES string of the molecule is COCC(C)C(=O)NC1CCNC(C)C1. The highest BCUT2D eigenvalue weighted by Crippen LogP contribution is 2.09. The van der Waals surface area contributed by atoms with Gasteiger partial charge in [-0.15, -0.1) is 0 Å². The van der Waals surface area contributed by atoms with Crippen molar-refractivity contribution in [3.05, 3.63) is 0 Å². The van der Waals surface area contributed by atoms with Crippen LogP contribution in [0.3, 0.4) is 0 Å². The summed E-state index contributed by atoms with van der Waals surface area (Å²) in [5, 5.41) is 6.44. The average molecular weight is 214 g/mol. The van der Waals surface area contributed by atoms with Gasteiger partial charge in [-0.3, -0.25) is 4.79 Å². The summed E-state index contributed by atoms with van der Waals surface area (Å²) in [7, 11) is 1.62. The van der Waals surface area contributed by atoms with E-state index in [2.05, 4.69) is 17.6 Å². The van der Waals surface area contributed by atoms with Gasteiger partial charge in [0.05, 0.1) is 12.5 Å². The van der Waals surface area contributed by atoms with Crippen LogP contribution in [0.1, 0.15) is 26.7 Å². The Morgan fingerprint density at radius 2 is 2.40 bits per heavy atom. The molecule has 3 unspecified atom stereocenters. The molecule has 1 saturated heterocycles. The van der Waals surface area contributed by atoms with Crippen LogP contribution in [0, 0.1) is 5.92 Å². The highest BCUT2D eigenvalue weighted by atomic mass is 16.5. The van der Waals surface area contributed by atoms with Gasteiger partial charge < -0.3 is 15.4 Å². The van der Waals surface area contributed by atoms with E-state index in [1.807, 2.05) is 6.92 Å². The second kappa shape index (κ2) is 6.08. The van der Waals surface area contributed by atoms with E-state index in [4.69, 9.17) is 4.74 Å². The van der Waals surface area contributed by atoms with E-state index in [1.165, 1.54) is 0 Å². The van der Waals surface area contributed by atoms with E-state index in [0.29, 0.717) is 18.7 Å². The van der Waals surface area contributed by atoms with Crippen LogP contribution in [-0.2, 0) is 9.53 Å². The molecule has 0 spiro atoms. The lowest BCUT2D eigenvalue weighted by Gasteiger charge is -2.29. The predicted molar refractivity (Wildman–Crippen MR) is 59.7 cm³/mol. The Morgan fingerprint density at radius 3 is 3.00 bits per heavy atom. The first-order chi connectivity index (χ1) is 7.13. The zero-order chi connectivity index (χ0) is 11.3. The molecule has 1 aliphatic rings. The molecule has 4 heteroatoms. The van der Waals surface area contributed by atoms with Crippen molar-refractivity contribution in [2.75, 3.05) is 20.3 Å². The lowest BCUT2D eigenvalue weighted by molar-refractivity contribution is -0.126. The van der Waals surface area contributed by atoms with Crippen LogP contribution in [-0.4, -0.2) is 38.3 Å². The standard InChI is InChI=1S/C11H22N2O2/c1-8(7-15-3)11(14)13-10-4-5-12-9(2)6-10/h8-10,12H,4-7H2,1-3H3,(H,13,14). The highest BCUT2D eigenvalue weighted by molar-refractivity contribution is 5.78. The highest BCUT2D eigenvalue weighted by Gasteiger charge is 2.22. The number of carbonyl (C=O) groups excluding carboxylic acids is 1. The predicted octanol–water partition coefficient (Wildman–Crippen LogP) is 0.526. The van der Waals surface area contributed by atoms with Crippen LogP contribution in [0.4, 0.5) is 0 Å². The Morgan fingerprint density at radius 1 is 1.67 bits per heavy atom. The van der Waals surface area contributed by atoms with Crippen molar-refractivity contribution in [1.29, 1.82) is 0 Å². The van der Waals surface area contributed by atoms with Gasteiger partial charge in [0, 0.05) is 19.2 Å². The number of hydrogen-bond acceptors (Lipinski definition) is 3. The maximum absolute atomic E-state index is 11.7. The van der Waals surface area contributed by atoms with Crippen molar-refractivity contribution in [2.24, 2.45) is 5.92 Å². The van der Waals surface area contributed by atoms with Gasteiger partial charge in [0.15, 0.2) is 0 Å². The number of methoxy groups -OCH3 is 1. The third-order valence-electron chi connectivity index (χ3n) is 2.83. The molecule has 1 amide bonds. The number of ether oxygens (including phenoxy) is 1. The molecule has 0 aromatic carbocycles. The van der Waals surface area contributed by atoms with Crippen LogP contribution in [0.5, 0.6) is 0 Å². The summed E-state index contributed by atoms with van der Waals surface area (Å²) in [5.41, 5.74) is 0. The number of carbonyl (C=O) groups is 1. The Hall–Kier alpha value is -0.610. The summed E-state index contributed by atoms with van der Waals surface area (Å²) >= 11 is 0. The molecule has 1 fully saturated rings. The molecule has 3 atom stereocenters. The molecular weight excluding hydrogens is 192 g/mol. The first-order valence-corrected chi connectivity index (χ1v) is 5.66. The van der Waals surface area contributed by atoms with Crippen molar-refractivity contribution in [3.63, 3.8) is 0 Å². The minimum atomic E-state index is -0.0554. The monoisotopic (exact) mass is 214 g/mol. The number of piperidine rings is 1. The molecule has 0 aromatic rings. The van der Waals surface area contributed by atoms with E-state index in [0.717, 1.165) is 19.4 Å². The van der Waals surface area contributed by atoms with Crippen molar-refractivity contribution >= 4 is 5.91 Å². The van der Waals surface area contributed by atoms with E-state index in [9.17, 15) is 4.79 Å². The van der Waals surface area contributed by atoms with Crippen LogP contribution in [0.25, 0.3) is 0 Å². The van der Waals surface area contributed by atoms with Gasteiger partial charge in [0.25, 0.3) is 0 Å². The molecule has 88 valence electrons. The summed E-state index contributed by atoms with van der Waals surface area (Å²) < 4.78 is 4.96. The van der Waals surface area contributed by atoms with Gasteiger partial charge in [0.2, 0.25) is 5.91 Å². The fraction of sp³-hybridized carbons (Fsp3) is 0.909. The smallest absolute Gasteiger partial charge is 0.225 e. The van der Waals surface area contributed by atoms with Gasteiger partial charge >= 0.3 is 0 Å². The lowest BCUT2D eigenvalue weighted by atomic mass is 10.00. The molecule has 1 rings (SSSR count). The Kier molecular flexibility index (Phi) is 5.05. The Balaban J connectivity index is 2.30. The first kappa shape index (κ1) is 12.5. The van der Waals surface area contributed by atoms with E-state index >= 15 is 0 Å². The molecular formula is C11H22N2O2. The average Bonchev–Trinajstić information content (AvgIpc) is 2.18. The number of amides is 1.